The van der Waals surface area contributed by atoms with Crippen LogP contribution in [0.4, 0.5) is 0 Å². The van der Waals surface area contributed by atoms with Crippen LogP contribution in [0.1, 0.15) is 12.8 Å². The van der Waals surface area contributed by atoms with Crippen molar-refractivity contribution in [3.05, 3.63) is 36.5 Å². The number of carbonyl (C=O) groups excluding carboxylic acids is 1. The predicted molar refractivity (Wildman–Crippen MR) is 71.8 cm³/mol. The Kier molecular flexibility index (Phi) is 4.18. The van der Waals surface area contributed by atoms with Gasteiger partial charge in [0.05, 0.1) is 6.42 Å². The number of aryl methyl sites for hydroxylation is 1. The fourth-order valence-electron chi connectivity index (χ4n) is 1.95. The molecule has 1 amide bonds. The molecule has 0 bridgehead atoms. The Bertz CT molecular complexity index is 589. The maximum atomic E-state index is 11.5. The second kappa shape index (κ2) is 6.04. The lowest BCUT2D eigenvalue weighted by Gasteiger charge is -2.06. The van der Waals surface area contributed by atoms with Gasteiger partial charge in [0.15, 0.2) is 0 Å². The molecule has 0 atom stereocenters. The molecule has 5 heteroatoms. The van der Waals surface area contributed by atoms with Crippen molar-refractivity contribution in [1.29, 1.82) is 0 Å². The molecule has 0 aliphatic heterocycles. The SMILES string of the molecule is O=C(O)CCNC(=O)CCn1ccc2ccccc21. The number of fused-ring (bicyclic) bond motifs is 1. The van der Waals surface area contributed by atoms with Crippen molar-refractivity contribution in [3.63, 3.8) is 0 Å². The van der Waals surface area contributed by atoms with E-state index in [-0.39, 0.29) is 18.9 Å². The number of carboxylic acid groups (broad SMARTS) is 1. The molecule has 1 aromatic carbocycles. The maximum Gasteiger partial charge on any atom is 0.305 e. The van der Waals surface area contributed by atoms with Gasteiger partial charge in [-0.15, -0.1) is 0 Å². The molecule has 0 radical (unpaired) electrons. The van der Waals surface area contributed by atoms with E-state index in [0.717, 1.165) is 10.9 Å². The molecule has 1 heterocycles. The summed E-state index contributed by atoms with van der Waals surface area (Å²) in [4.78, 5) is 21.9. The van der Waals surface area contributed by atoms with Crippen LogP contribution in [0.2, 0.25) is 0 Å². The molecule has 19 heavy (non-hydrogen) atoms. The lowest BCUT2D eigenvalue weighted by atomic mass is 10.2. The maximum absolute atomic E-state index is 11.5. The smallest absolute Gasteiger partial charge is 0.305 e. The first-order valence-corrected chi connectivity index (χ1v) is 6.19. The Morgan fingerprint density at radius 1 is 1.16 bits per heavy atom. The predicted octanol–water partition coefficient (Wildman–Crippen LogP) is 1.62. The third-order valence-electron chi connectivity index (χ3n) is 2.92. The van der Waals surface area contributed by atoms with Gasteiger partial charge in [0, 0.05) is 31.2 Å². The van der Waals surface area contributed by atoms with Gasteiger partial charge >= 0.3 is 5.97 Å². The molecule has 1 aromatic heterocycles. The summed E-state index contributed by atoms with van der Waals surface area (Å²) in [7, 11) is 0. The zero-order valence-electron chi connectivity index (χ0n) is 10.5. The van der Waals surface area contributed by atoms with Crippen molar-refractivity contribution in [2.24, 2.45) is 0 Å². The Labute approximate surface area is 110 Å². The molecular weight excluding hydrogens is 244 g/mol. The number of rotatable bonds is 6. The van der Waals surface area contributed by atoms with Gasteiger partial charge in [-0.3, -0.25) is 9.59 Å². The Balaban J connectivity index is 1.85. The van der Waals surface area contributed by atoms with E-state index in [2.05, 4.69) is 5.32 Å². The minimum absolute atomic E-state index is 0.0435. The third kappa shape index (κ3) is 3.58. The van der Waals surface area contributed by atoms with Crippen LogP contribution in [0.5, 0.6) is 0 Å². The van der Waals surface area contributed by atoms with E-state index in [4.69, 9.17) is 5.11 Å². The summed E-state index contributed by atoms with van der Waals surface area (Å²) in [5.74, 6) is -1.03. The Morgan fingerprint density at radius 2 is 1.95 bits per heavy atom. The molecule has 100 valence electrons. The van der Waals surface area contributed by atoms with Crippen LogP contribution in [0.3, 0.4) is 0 Å². The third-order valence-corrected chi connectivity index (χ3v) is 2.92. The van der Waals surface area contributed by atoms with E-state index in [0.29, 0.717) is 13.0 Å². The van der Waals surface area contributed by atoms with Crippen molar-refractivity contribution < 1.29 is 14.7 Å². The number of hydrogen-bond acceptors (Lipinski definition) is 2. The molecule has 0 saturated carbocycles. The summed E-state index contributed by atoms with van der Waals surface area (Å²) in [5, 5.41) is 12.2. The number of aromatic nitrogens is 1. The summed E-state index contributed by atoms with van der Waals surface area (Å²) >= 11 is 0. The largest absolute Gasteiger partial charge is 0.481 e. The van der Waals surface area contributed by atoms with Crippen molar-refractivity contribution in [2.45, 2.75) is 19.4 Å². The van der Waals surface area contributed by atoms with Crippen LogP contribution in [-0.4, -0.2) is 28.1 Å². The minimum Gasteiger partial charge on any atom is -0.481 e. The second-order valence-electron chi connectivity index (χ2n) is 4.31. The number of benzene rings is 1. The van der Waals surface area contributed by atoms with Gasteiger partial charge < -0.3 is 15.0 Å². The quantitative estimate of drug-likeness (QED) is 0.829. The molecule has 5 nitrogen and oxygen atoms in total. The highest BCUT2D eigenvalue weighted by Crippen LogP contribution is 2.15. The molecule has 0 unspecified atom stereocenters. The molecule has 2 aromatic rings. The molecule has 2 rings (SSSR count). The molecule has 0 fully saturated rings. The number of amides is 1. The Morgan fingerprint density at radius 3 is 2.74 bits per heavy atom. The van der Waals surface area contributed by atoms with Crippen LogP contribution >= 0.6 is 0 Å². The van der Waals surface area contributed by atoms with E-state index in [1.807, 2.05) is 41.1 Å². The van der Waals surface area contributed by atoms with Crippen molar-refractivity contribution in [1.82, 2.24) is 9.88 Å². The molecular formula is C14H16N2O3. The number of hydrogen-bond donors (Lipinski definition) is 2. The standard InChI is InChI=1S/C14H16N2O3/c17-13(15-8-5-14(18)19)7-10-16-9-6-11-3-1-2-4-12(11)16/h1-4,6,9H,5,7-8,10H2,(H,15,17)(H,18,19). The lowest BCUT2D eigenvalue weighted by molar-refractivity contribution is -0.136. The molecule has 0 spiro atoms. The van der Waals surface area contributed by atoms with E-state index >= 15 is 0 Å². The van der Waals surface area contributed by atoms with Crippen LogP contribution in [-0.2, 0) is 16.1 Å². The van der Waals surface area contributed by atoms with E-state index in [9.17, 15) is 9.59 Å². The van der Waals surface area contributed by atoms with Gasteiger partial charge in [-0.05, 0) is 17.5 Å². The number of nitrogens with one attached hydrogen (secondary N) is 1. The summed E-state index contributed by atoms with van der Waals surface area (Å²) in [6.45, 7) is 0.771. The number of carbonyl (C=O) groups is 2. The lowest BCUT2D eigenvalue weighted by Crippen LogP contribution is -2.26. The normalized spacial score (nSPS) is 10.5. The fraction of sp³-hybridized carbons (Fsp3) is 0.286. The first-order chi connectivity index (χ1) is 9.16. The fourth-order valence-corrected chi connectivity index (χ4v) is 1.95. The van der Waals surface area contributed by atoms with Crippen LogP contribution < -0.4 is 5.32 Å². The van der Waals surface area contributed by atoms with Crippen molar-refractivity contribution in [2.75, 3.05) is 6.54 Å². The molecule has 0 aliphatic rings. The van der Waals surface area contributed by atoms with E-state index in [1.165, 1.54) is 0 Å². The second-order valence-corrected chi connectivity index (χ2v) is 4.31. The van der Waals surface area contributed by atoms with E-state index in [1.54, 1.807) is 0 Å². The highest BCUT2D eigenvalue weighted by molar-refractivity contribution is 5.80. The first-order valence-electron chi connectivity index (χ1n) is 6.19. The number of para-hydroxylation sites is 1. The average molecular weight is 260 g/mol. The van der Waals surface area contributed by atoms with Gasteiger partial charge in [-0.25, -0.2) is 0 Å². The van der Waals surface area contributed by atoms with Crippen LogP contribution in [0.25, 0.3) is 10.9 Å². The van der Waals surface area contributed by atoms with Crippen molar-refractivity contribution in [3.8, 4) is 0 Å². The summed E-state index contributed by atoms with van der Waals surface area (Å²) in [6, 6.07) is 9.99. The topological polar surface area (TPSA) is 71.3 Å². The average Bonchev–Trinajstić information content (AvgIpc) is 2.79. The Hall–Kier alpha value is -2.30. The van der Waals surface area contributed by atoms with Crippen LogP contribution in [0.15, 0.2) is 36.5 Å². The number of carboxylic acids is 1. The number of aliphatic carboxylic acids is 1. The zero-order chi connectivity index (χ0) is 13.7. The molecule has 0 saturated heterocycles. The van der Waals surface area contributed by atoms with Crippen LogP contribution in [0, 0.1) is 0 Å². The summed E-state index contributed by atoms with van der Waals surface area (Å²) < 4.78 is 2.02. The first kappa shape index (κ1) is 13.1. The molecule has 2 N–H and O–H groups in total. The summed E-state index contributed by atoms with van der Waals surface area (Å²) in [6.07, 6.45) is 2.26. The van der Waals surface area contributed by atoms with Gasteiger partial charge in [0.2, 0.25) is 5.91 Å². The minimum atomic E-state index is -0.906. The zero-order valence-corrected chi connectivity index (χ0v) is 10.5. The van der Waals surface area contributed by atoms with Gasteiger partial charge in [0.1, 0.15) is 0 Å². The van der Waals surface area contributed by atoms with Gasteiger partial charge in [0.25, 0.3) is 0 Å². The van der Waals surface area contributed by atoms with Gasteiger partial charge in [-0.2, -0.15) is 0 Å². The highest BCUT2D eigenvalue weighted by atomic mass is 16.4. The monoisotopic (exact) mass is 260 g/mol. The molecule has 0 aliphatic carbocycles. The highest BCUT2D eigenvalue weighted by Gasteiger charge is 2.05. The summed E-state index contributed by atoms with van der Waals surface area (Å²) in [5.41, 5.74) is 1.10. The van der Waals surface area contributed by atoms with E-state index < -0.39 is 5.97 Å². The number of nitrogens with zero attached hydrogens (tertiary/aromatic N) is 1. The van der Waals surface area contributed by atoms with Gasteiger partial charge in [-0.1, -0.05) is 18.2 Å². The van der Waals surface area contributed by atoms with Crippen molar-refractivity contribution >= 4 is 22.8 Å².